The number of aryl methyl sites for hydroxylation is 1. The molecule has 1 aromatic heterocycles. The fourth-order valence-corrected chi connectivity index (χ4v) is 9.29. The van der Waals surface area contributed by atoms with Gasteiger partial charge in [0.15, 0.2) is 5.13 Å². The molecule has 0 spiro atoms. The Labute approximate surface area is 207 Å². The second-order valence-corrected chi connectivity index (χ2v) is 12.8. The normalized spacial score (nSPS) is 41.3. The number of anilines is 2. The summed E-state index contributed by atoms with van der Waals surface area (Å²) in [6, 6.07) is 8.27. The maximum absolute atomic E-state index is 12.2. The molecule has 1 heterocycles. The van der Waals surface area contributed by atoms with E-state index in [1.807, 2.05) is 12.1 Å². The van der Waals surface area contributed by atoms with Crippen molar-refractivity contribution in [3.8, 4) is 0 Å². The van der Waals surface area contributed by atoms with E-state index >= 15 is 0 Å². The van der Waals surface area contributed by atoms with E-state index in [0.29, 0.717) is 17.8 Å². The molecule has 34 heavy (non-hydrogen) atoms. The molecule has 3 fully saturated rings. The number of thiazole rings is 1. The molecule has 1 aromatic carbocycles. The zero-order valence-electron chi connectivity index (χ0n) is 20.7. The number of nitrogens with one attached hydrogen (secondary N) is 1. The molecular weight excluding hydrogens is 440 g/mol. The molecule has 0 amide bonds. The highest BCUT2D eigenvalue weighted by molar-refractivity contribution is 7.13. The summed E-state index contributed by atoms with van der Waals surface area (Å²) in [5, 5.41) is 28.9. The van der Waals surface area contributed by atoms with Gasteiger partial charge >= 0.3 is 0 Å². The first-order valence-corrected chi connectivity index (χ1v) is 14.0. The fraction of sp³-hybridized carbons (Fsp3) is 0.621. The number of nitrogens with zero attached hydrogens (tertiary/aromatic N) is 1. The number of benzene rings is 1. The fourth-order valence-electron chi connectivity index (χ4n) is 8.50. The third-order valence-corrected chi connectivity index (χ3v) is 11.3. The summed E-state index contributed by atoms with van der Waals surface area (Å²) >= 11 is 1.60. The summed E-state index contributed by atoms with van der Waals surface area (Å²) in [6.45, 7) is 6.92. The van der Waals surface area contributed by atoms with Gasteiger partial charge in [-0.3, -0.25) is 0 Å². The summed E-state index contributed by atoms with van der Waals surface area (Å²) in [7, 11) is 0. The topological polar surface area (TPSA) is 65.4 Å². The lowest BCUT2D eigenvalue weighted by Crippen LogP contribution is -2.54. The number of hydrogen-bond acceptors (Lipinski definition) is 5. The van der Waals surface area contributed by atoms with Crippen molar-refractivity contribution in [3.05, 3.63) is 52.6 Å². The van der Waals surface area contributed by atoms with Crippen LogP contribution in [-0.4, -0.2) is 21.3 Å². The van der Waals surface area contributed by atoms with E-state index in [-0.39, 0.29) is 16.9 Å². The average molecular weight is 479 g/mol. The number of fused-ring (bicyclic) bond motifs is 5. The van der Waals surface area contributed by atoms with Gasteiger partial charge < -0.3 is 15.5 Å². The predicted molar refractivity (Wildman–Crippen MR) is 138 cm³/mol. The van der Waals surface area contributed by atoms with Crippen LogP contribution in [0.5, 0.6) is 0 Å². The van der Waals surface area contributed by atoms with Gasteiger partial charge in [0.05, 0.1) is 11.8 Å². The van der Waals surface area contributed by atoms with Crippen LogP contribution in [0.15, 0.2) is 41.3 Å². The Bertz CT molecular complexity index is 1130. The van der Waals surface area contributed by atoms with Gasteiger partial charge in [0.2, 0.25) is 0 Å². The Balaban J connectivity index is 1.27. The van der Waals surface area contributed by atoms with E-state index in [0.717, 1.165) is 55.0 Å². The molecule has 0 aliphatic heterocycles. The Hall–Kier alpha value is -1.69. The van der Waals surface area contributed by atoms with Gasteiger partial charge in [-0.25, -0.2) is 4.98 Å². The third-order valence-electron chi connectivity index (χ3n) is 10.6. The molecule has 182 valence electrons. The summed E-state index contributed by atoms with van der Waals surface area (Å²) in [5.41, 5.74) is 3.88. The largest absolute Gasteiger partial charge is 0.389 e. The van der Waals surface area contributed by atoms with Crippen molar-refractivity contribution in [2.75, 3.05) is 5.32 Å². The summed E-state index contributed by atoms with van der Waals surface area (Å²) in [4.78, 5) is 4.95. The van der Waals surface area contributed by atoms with Gasteiger partial charge in [-0.2, -0.15) is 0 Å². The quantitative estimate of drug-likeness (QED) is 0.429. The van der Waals surface area contributed by atoms with Gasteiger partial charge in [-0.05, 0) is 93.1 Å². The number of allylic oxidation sites excluding steroid dienone is 1. The van der Waals surface area contributed by atoms with E-state index in [1.54, 1.807) is 11.3 Å². The minimum absolute atomic E-state index is 0.131. The van der Waals surface area contributed by atoms with Crippen LogP contribution in [0.1, 0.15) is 76.5 Å². The SMILES string of the molecule is Cc1ccccc1Nc1nc([C@@]2(O)CC[C@H]3[C@@H]4CCC5=C[C@@H](O)CC[C@]5(C)[C@H]4CC[C@@]32C)cs1. The average Bonchev–Trinajstić information content (AvgIpc) is 3.39. The molecule has 2 aromatic rings. The van der Waals surface area contributed by atoms with E-state index in [4.69, 9.17) is 4.98 Å². The molecule has 7 atom stereocenters. The minimum Gasteiger partial charge on any atom is -0.389 e. The number of para-hydroxylation sites is 1. The van der Waals surface area contributed by atoms with Gasteiger partial charge in [0.25, 0.3) is 0 Å². The zero-order valence-corrected chi connectivity index (χ0v) is 21.5. The smallest absolute Gasteiger partial charge is 0.187 e. The molecule has 3 saturated carbocycles. The summed E-state index contributed by atoms with van der Waals surface area (Å²) in [5.74, 6) is 1.87. The van der Waals surface area contributed by atoms with Crippen molar-refractivity contribution in [2.24, 2.45) is 28.6 Å². The predicted octanol–water partition coefficient (Wildman–Crippen LogP) is 6.71. The second kappa shape index (κ2) is 7.91. The molecule has 0 radical (unpaired) electrons. The summed E-state index contributed by atoms with van der Waals surface area (Å²) < 4.78 is 0. The lowest BCUT2D eigenvalue weighted by molar-refractivity contribution is -0.134. The molecule has 6 rings (SSSR count). The lowest BCUT2D eigenvalue weighted by atomic mass is 9.46. The van der Waals surface area contributed by atoms with Gasteiger partial charge in [0.1, 0.15) is 5.60 Å². The van der Waals surface area contributed by atoms with Crippen molar-refractivity contribution >= 4 is 22.2 Å². The number of hydrogen-bond donors (Lipinski definition) is 3. The van der Waals surface area contributed by atoms with Crippen molar-refractivity contribution in [2.45, 2.75) is 83.8 Å². The van der Waals surface area contributed by atoms with E-state index in [1.165, 1.54) is 24.0 Å². The van der Waals surface area contributed by atoms with Crippen molar-refractivity contribution < 1.29 is 10.2 Å². The van der Waals surface area contributed by atoms with Gasteiger partial charge in [-0.15, -0.1) is 11.3 Å². The van der Waals surface area contributed by atoms with E-state index in [2.05, 4.69) is 49.7 Å². The van der Waals surface area contributed by atoms with Gasteiger partial charge in [0, 0.05) is 16.5 Å². The van der Waals surface area contributed by atoms with Crippen LogP contribution in [0, 0.1) is 35.5 Å². The van der Waals surface area contributed by atoms with Crippen LogP contribution in [0.25, 0.3) is 0 Å². The van der Waals surface area contributed by atoms with Crippen molar-refractivity contribution in [3.63, 3.8) is 0 Å². The molecule has 4 nitrogen and oxygen atoms in total. The highest BCUT2D eigenvalue weighted by Crippen LogP contribution is 2.69. The van der Waals surface area contributed by atoms with Crippen LogP contribution in [0.3, 0.4) is 0 Å². The Morgan fingerprint density at radius 1 is 1.03 bits per heavy atom. The maximum Gasteiger partial charge on any atom is 0.187 e. The van der Waals surface area contributed by atoms with Crippen LogP contribution < -0.4 is 5.32 Å². The first-order valence-electron chi connectivity index (χ1n) is 13.1. The van der Waals surface area contributed by atoms with Crippen molar-refractivity contribution in [1.82, 2.24) is 4.98 Å². The molecule has 0 unspecified atom stereocenters. The molecule has 4 aliphatic rings. The second-order valence-electron chi connectivity index (χ2n) is 12.0. The minimum atomic E-state index is -0.857. The molecule has 3 N–H and O–H groups in total. The molecule has 0 saturated heterocycles. The zero-order chi connectivity index (χ0) is 23.7. The molecule has 4 aliphatic carbocycles. The molecule has 0 bridgehead atoms. The van der Waals surface area contributed by atoms with Crippen LogP contribution in [0.4, 0.5) is 10.8 Å². The van der Waals surface area contributed by atoms with Crippen LogP contribution in [-0.2, 0) is 5.60 Å². The van der Waals surface area contributed by atoms with Crippen LogP contribution in [0.2, 0.25) is 0 Å². The Morgan fingerprint density at radius 2 is 1.82 bits per heavy atom. The number of aliphatic hydroxyl groups is 2. The maximum atomic E-state index is 12.2. The Kier molecular flexibility index (Phi) is 5.29. The number of rotatable bonds is 3. The van der Waals surface area contributed by atoms with E-state index < -0.39 is 5.60 Å². The standard InChI is InChI=1S/C29H38N2O2S/c1-18-6-4-5-7-24(18)30-26-31-25(17-34-26)29(33)15-12-23-21-9-8-19-16-20(32)10-13-27(19,2)22(21)11-14-28(23,29)3/h4-7,16-17,20-23,32-33H,8-15H2,1-3H3,(H,30,31)/t20-,21+,22-,23-,27-,28-,29-/m0/s1. The summed E-state index contributed by atoms with van der Waals surface area (Å²) in [6.07, 6.45) is 10.4. The number of aromatic nitrogens is 1. The highest BCUT2D eigenvalue weighted by atomic mass is 32.1. The molecule has 5 heteroatoms. The Morgan fingerprint density at radius 3 is 2.65 bits per heavy atom. The number of aliphatic hydroxyl groups excluding tert-OH is 1. The third kappa shape index (κ3) is 3.19. The highest BCUT2D eigenvalue weighted by Gasteiger charge is 2.65. The van der Waals surface area contributed by atoms with E-state index in [9.17, 15) is 10.2 Å². The first kappa shape index (κ1) is 22.8. The van der Waals surface area contributed by atoms with Gasteiger partial charge in [-0.1, -0.05) is 43.7 Å². The first-order chi connectivity index (χ1) is 16.2. The van der Waals surface area contributed by atoms with Crippen molar-refractivity contribution in [1.29, 1.82) is 0 Å². The lowest BCUT2D eigenvalue weighted by Gasteiger charge is -2.59. The van der Waals surface area contributed by atoms with Crippen LogP contribution >= 0.6 is 11.3 Å². The molecular formula is C29H38N2O2S. The monoisotopic (exact) mass is 478 g/mol.